The lowest BCUT2D eigenvalue weighted by atomic mass is 10.1. The standard InChI is InChI=1S/C11H18N6O6/c1-23-5-3-13-10(20)9-14-11(17(21)22)15-16(9)6-7(2-4-18)8(12)19/h7,18H,2-6H2,1H3,(H2,12,19)(H,13,20). The van der Waals surface area contributed by atoms with E-state index >= 15 is 0 Å². The Hall–Kier alpha value is -2.60. The van der Waals surface area contributed by atoms with E-state index in [9.17, 15) is 19.7 Å². The fourth-order valence-electron chi connectivity index (χ4n) is 1.74. The van der Waals surface area contributed by atoms with Crippen molar-refractivity contribution in [3.05, 3.63) is 15.9 Å². The van der Waals surface area contributed by atoms with Crippen molar-refractivity contribution in [2.75, 3.05) is 26.9 Å². The van der Waals surface area contributed by atoms with Crippen molar-refractivity contribution in [3.8, 4) is 0 Å². The molecule has 1 atom stereocenters. The van der Waals surface area contributed by atoms with Crippen LogP contribution in [0.25, 0.3) is 0 Å². The molecule has 12 heteroatoms. The minimum Gasteiger partial charge on any atom is -0.396 e. The van der Waals surface area contributed by atoms with E-state index in [0.29, 0.717) is 0 Å². The number of aromatic nitrogens is 3. The Morgan fingerprint density at radius 3 is 2.78 bits per heavy atom. The van der Waals surface area contributed by atoms with Crippen molar-refractivity contribution in [2.45, 2.75) is 13.0 Å². The average Bonchev–Trinajstić information content (AvgIpc) is 2.91. The highest BCUT2D eigenvalue weighted by Gasteiger charge is 2.29. The number of ether oxygens (including phenoxy) is 1. The Morgan fingerprint density at radius 2 is 2.26 bits per heavy atom. The number of nitrogens with zero attached hydrogens (tertiary/aromatic N) is 4. The molecule has 0 aromatic carbocycles. The number of carbonyl (C=O) groups excluding carboxylic acids is 2. The van der Waals surface area contributed by atoms with Gasteiger partial charge in [-0.3, -0.25) is 9.59 Å². The van der Waals surface area contributed by atoms with E-state index in [1.165, 1.54) is 7.11 Å². The van der Waals surface area contributed by atoms with Crippen LogP contribution in [0.15, 0.2) is 0 Å². The maximum Gasteiger partial charge on any atom is 0.491 e. The molecule has 0 saturated carbocycles. The third kappa shape index (κ3) is 5.27. The maximum atomic E-state index is 12.0. The summed E-state index contributed by atoms with van der Waals surface area (Å²) >= 11 is 0. The molecule has 1 heterocycles. The van der Waals surface area contributed by atoms with Gasteiger partial charge in [-0.2, -0.15) is 4.68 Å². The van der Waals surface area contributed by atoms with Gasteiger partial charge in [-0.25, -0.2) is 0 Å². The van der Waals surface area contributed by atoms with E-state index < -0.39 is 28.6 Å². The van der Waals surface area contributed by atoms with Crippen LogP contribution in [0.2, 0.25) is 0 Å². The van der Waals surface area contributed by atoms with Gasteiger partial charge in [-0.1, -0.05) is 0 Å². The molecule has 128 valence electrons. The lowest BCUT2D eigenvalue weighted by Gasteiger charge is -2.10. The number of nitrogens with one attached hydrogen (secondary N) is 1. The Kier molecular flexibility index (Phi) is 7.02. The van der Waals surface area contributed by atoms with Gasteiger partial charge in [0.1, 0.15) is 0 Å². The number of carbonyl (C=O) groups is 2. The maximum absolute atomic E-state index is 12.0. The SMILES string of the molecule is COCCNC(=O)c1nc([N+](=O)[O-])nn1CC(CCO)C(N)=O. The van der Waals surface area contributed by atoms with E-state index in [4.69, 9.17) is 15.6 Å². The Morgan fingerprint density at radius 1 is 1.57 bits per heavy atom. The van der Waals surface area contributed by atoms with Crippen LogP contribution in [0.1, 0.15) is 17.0 Å². The summed E-state index contributed by atoms with van der Waals surface area (Å²) in [5.41, 5.74) is 5.20. The first-order chi connectivity index (χ1) is 10.9. The molecular formula is C11H18N6O6. The molecule has 12 nitrogen and oxygen atoms in total. The predicted octanol–water partition coefficient (Wildman–Crippen LogP) is -1.95. The zero-order valence-electron chi connectivity index (χ0n) is 12.5. The summed E-state index contributed by atoms with van der Waals surface area (Å²) in [5, 5.41) is 25.7. The fraction of sp³-hybridized carbons (Fsp3) is 0.636. The third-order valence-corrected chi connectivity index (χ3v) is 2.89. The van der Waals surface area contributed by atoms with Crippen LogP contribution in [0.5, 0.6) is 0 Å². The Bertz CT molecular complexity index is 573. The van der Waals surface area contributed by atoms with Gasteiger partial charge in [0.05, 0.1) is 19.1 Å². The lowest BCUT2D eigenvalue weighted by Crippen LogP contribution is -2.33. The molecule has 0 aliphatic heterocycles. The number of hydrogen-bond donors (Lipinski definition) is 3. The summed E-state index contributed by atoms with van der Waals surface area (Å²) in [4.78, 5) is 36.8. The summed E-state index contributed by atoms with van der Waals surface area (Å²) in [5.74, 6) is -3.35. The zero-order valence-corrected chi connectivity index (χ0v) is 12.5. The molecule has 0 saturated heterocycles. The number of nitrogens with two attached hydrogens (primary N) is 1. The number of nitro groups is 1. The van der Waals surface area contributed by atoms with Gasteiger partial charge in [0.15, 0.2) is 0 Å². The first-order valence-electron chi connectivity index (χ1n) is 6.67. The third-order valence-electron chi connectivity index (χ3n) is 2.89. The van der Waals surface area contributed by atoms with Gasteiger partial charge in [-0.15, -0.1) is 0 Å². The van der Waals surface area contributed by atoms with Gasteiger partial charge in [-0.05, 0) is 16.3 Å². The monoisotopic (exact) mass is 330 g/mol. The van der Waals surface area contributed by atoms with Crippen LogP contribution in [0.4, 0.5) is 5.95 Å². The van der Waals surface area contributed by atoms with Crippen molar-refractivity contribution < 1.29 is 24.4 Å². The minimum absolute atomic E-state index is 0.0354. The van der Waals surface area contributed by atoms with Crippen molar-refractivity contribution in [1.82, 2.24) is 20.1 Å². The van der Waals surface area contributed by atoms with Crippen LogP contribution in [0, 0.1) is 16.0 Å². The molecule has 0 aliphatic carbocycles. The second kappa shape index (κ2) is 8.75. The second-order valence-electron chi connectivity index (χ2n) is 4.53. The van der Waals surface area contributed by atoms with Crippen molar-refractivity contribution >= 4 is 17.8 Å². The molecule has 4 N–H and O–H groups in total. The lowest BCUT2D eigenvalue weighted by molar-refractivity contribution is -0.394. The molecule has 0 spiro atoms. The van der Waals surface area contributed by atoms with Gasteiger partial charge >= 0.3 is 17.7 Å². The number of primary amides is 1. The van der Waals surface area contributed by atoms with Crippen LogP contribution < -0.4 is 11.1 Å². The largest absolute Gasteiger partial charge is 0.491 e. The highest BCUT2D eigenvalue weighted by atomic mass is 16.6. The quantitative estimate of drug-likeness (QED) is 0.252. The topological polar surface area (TPSA) is 176 Å². The molecule has 1 aromatic rings. The Balaban J connectivity index is 3.01. The second-order valence-corrected chi connectivity index (χ2v) is 4.53. The molecule has 1 unspecified atom stereocenters. The van der Waals surface area contributed by atoms with E-state index in [0.717, 1.165) is 4.68 Å². The van der Waals surface area contributed by atoms with Crippen LogP contribution in [-0.2, 0) is 16.1 Å². The number of amides is 2. The highest BCUT2D eigenvalue weighted by Crippen LogP contribution is 2.11. The number of aliphatic hydroxyl groups excluding tert-OH is 1. The average molecular weight is 330 g/mol. The molecule has 23 heavy (non-hydrogen) atoms. The van der Waals surface area contributed by atoms with E-state index in [2.05, 4.69) is 15.4 Å². The number of aliphatic hydroxyl groups is 1. The molecule has 1 rings (SSSR count). The molecule has 0 radical (unpaired) electrons. The molecule has 0 bridgehead atoms. The number of hydrogen-bond acceptors (Lipinski definition) is 8. The number of rotatable bonds is 10. The van der Waals surface area contributed by atoms with Gasteiger partial charge < -0.3 is 31.0 Å². The van der Waals surface area contributed by atoms with Gasteiger partial charge in [0, 0.05) is 25.4 Å². The molecule has 2 amide bonds. The molecule has 1 aromatic heterocycles. The van der Waals surface area contributed by atoms with Gasteiger partial charge in [0.25, 0.3) is 0 Å². The first kappa shape index (κ1) is 18.4. The summed E-state index contributed by atoms with van der Waals surface area (Å²) < 4.78 is 5.71. The number of methoxy groups -OCH3 is 1. The van der Waals surface area contributed by atoms with E-state index in [1.807, 2.05) is 0 Å². The first-order valence-corrected chi connectivity index (χ1v) is 6.67. The summed E-state index contributed by atoms with van der Waals surface area (Å²) in [6.45, 7) is -0.0915. The van der Waals surface area contributed by atoms with Crippen LogP contribution in [0.3, 0.4) is 0 Å². The summed E-state index contributed by atoms with van der Waals surface area (Å²) in [6, 6.07) is 0. The predicted molar refractivity (Wildman–Crippen MR) is 75.3 cm³/mol. The molecular weight excluding hydrogens is 312 g/mol. The highest BCUT2D eigenvalue weighted by molar-refractivity contribution is 5.90. The smallest absolute Gasteiger partial charge is 0.396 e. The van der Waals surface area contributed by atoms with Crippen molar-refractivity contribution in [2.24, 2.45) is 11.7 Å². The normalized spacial score (nSPS) is 11.9. The van der Waals surface area contributed by atoms with Gasteiger partial charge in [0.2, 0.25) is 5.91 Å². The van der Waals surface area contributed by atoms with Crippen LogP contribution in [-0.4, -0.2) is 63.5 Å². The molecule has 0 fully saturated rings. The summed E-state index contributed by atoms with van der Waals surface area (Å²) in [7, 11) is 1.45. The zero-order chi connectivity index (χ0) is 17.4. The minimum atomic E-state index is -0.853. The molecule has 0 aliphatic rings. The van der Waals surface area contributed by atoms with Crippen molar-refractivity contribution in [3.63, 3.8) is 0 Å². The fourth-order valence-corrected chi connectivity index (χ4v) is 1.74. The van der Waals surface area contributed by atoms with Crippen LogP contribution >= 0.6 is 0 Å². The Labute approximate surface area is 130 Å². The van der Waals surface area contributed by atoms with Crippen molar-refractivity contribution in [1.29, 1.82) is 0 Å². The van der Waals surface area contributed by atoms with E-state index in [1.54, 1.807) is 0 Å². The van der Waals surface area contributed by atoms with E-state index in [-0.39, 0.29) is 38.5 Å². The summed E-state index contributed by atoms with van der Waals surface area (Å²) in [6.07, 6.45) is 0.0354.